The number of rotatable bonds is 3. The average Bonchev–Trinajstić information content (AvgIpc) is 2.93. The normalized spacial score (nSPS) is 18.1. The van der Waals surface area contributed by atoms with Gasteiger partial charge in [0.25, 0.3) is 0 Å². The average molecular weight is 359 g/mol. The Labute approximate surface area is 151 Å². The molecule has 5 heteroatoms. The fourth-order valence-electron chi connectivity index (χ4n) is 2.43. The fraction of sp³-hybridized carbons (Fsp3) is 0.211. The van der Waals surface area contributed by atoms with Gasteiger partial charge in [-0.05, 0) is 49.8 Å². The lowest BCUT2D eigenvalue weighted by Gasteiger charge is -2.18. The van der Waals surface area contributed by atoms with Crippen LogP contribution in [0.4, 0.5) is 5.69 Å². The van der Waals surface area contributed by atoms with Gasteiger partial charge in [-0.3, -0.25) is 4.99 Å². The molecule has 24 heavy (non-hydrogen) atoms. The minimum atomic E-state index is 0.103. The van der Waals surface area contributed by atoms with Crippen molar-refractivity contribution in [3.05, 3.63) is 64.0 Å². The lowest BCUT2D eigenvalue weighted by molar-refractivity contribution is 0.475. The molecule has 1 aliphatic heterocycles. The number of phenolic OH excluding ortho intramolecular Hbond substituents is 1. The van der Waals surface area contributed by atoms with Crippen molar-refractivity contribution in [2.45, 2.75) is 19.9 Å². The highest BCUT2D eigenvalue weighted by atomic mass is 35.5. The number of anilines is 1. The van der Waals surface area contributed by atoms with Crippen LogP contribution >= 0.6 is 23.4 Å². The van der Waals surface area contributed by atoms with Crippen LogP contribution in [0.3, 0.4) is 0 Å². The minimum Gasteiger partial charge on any atom is -0.506 e. The molecule has 2 aromatic carbocycles. The van der Waals surface area contributed by atoms with Gasteiger partial charge in [0, 0.05) is 16.6 Å². The second kappa shape index (κ2) is 7.32. The van der Waals surface area contributed by atoms with E-state index in [9.17, 15) is 5.11 Å². The molecule has 0 aliphatic carbocycles. The Bertz CT molecular complexity index is 787. The molecule has 0 bridgehead atoms. The number of benzene rings is 2. The second-order valence-corrected chi connectivity index (χ2v) is 7.35. The van der Waals surface area contributed by atoms with Gasteiger partial charge in [0.2, 0.25) is 0 Å². The van der Waals surface area contributed by atoms with Crippen molar-refractivity contribution in [2.75, 3.05) is 11.4 Å². The molecule has 0 spiro atoms. The van der Waals surface area contributed by atoms with Gasteiger partial charge in [0.15, 0.2) is 5.17 Å². The van der Waals surface area contributed by atoms with Crippen LogP contribution < -0.4 is 4.90 Å². The zero-order valence-electron chi connectivity index (χ0n) is 13.6. The molecule has 0 saturated carbocycles. The third-order valence-corrected chi connectivity index (χ3v) is 4.82. The Morgan fingerprint density at radius 1 is 1.21 bits per heavy atom. The smallest absolute Gasteiger partial charge is 0.168 e. The lowest BCUT2D eigenvalue weighted by Crippen LogP contribution is -2.24. The number of hydrogen-bond donors (Lipinski definition) is 1. The fourth-order valence-corrected chi connectivity index (χ4v) is 3.78. The van der Waals surface area contributed by atoms with E-state index < -0.39 is 0 Å². The third kappa shape index (κ3) is 3.94. The number of thioether (sulfide) groups is 1. The van der Waals surface area contributed by atoms with Crippen molar-refractivity contribution in [3.8, 4) is 5.75 Å². The van der Waals surface area contributed by atoms with Crippen molar-refractivity contribution < 1.29 is 5.11 Å². The van der Waals surface area contributed by atoms with E-state index in [-0.39, 0.29) is 11.8 Å². The number of nitrogens with zero attached hydrogens (tertiary/aromatic N) is 2. The number of phenols is 1. The van der Waals surface area contributed by atoms with Crippen molar-refractivity contribution in [1.29, 1.82) is 0 Å². The summed E-state index contributed by atoms with van der Waals surface area (Å²) in [5.41, 5.74) is 2.11. The molecule has 0 amide bonds. The van der Waals surface area contributed by atoms with E-state index in [2.05, 4.69) is 37.0 Å². The number of hydrogen-bond acceptors (Lipinski definition) is 3. The summed E-state index contributed by atoms with van der Waals surface area (Å²) >= 11 is 7.68. The first kappa shape index (κ1) is 16.9. The van der Waals surface area contributed by atoms with Gasteiger partial charge in [-0.2, -0.15) is 0 Å². The second-order valence-electron chi connectivity index (χ2n) is 5.85. The first-order chi connectivity index (χ1) is 11.5. The zero-order valence-corrected chi connectivity index (χ0v) is 15.2. The van der Waals surface area contributed by atoms with Gasteiger partial charge in [0.05, 0.1) is 11.6 Å². The molecular weight excluding hydrogens is 340 g/mol. The van der Waals surface area contributed by atoms with Crippen molar-refractivity contribution in [2.24, 2.45) is 4.99 Å². The number of para-hydroxylation sites is 1. The van der Waals surface area contributed by atoms with E-state index in [1.54, 1.807) is 23.9 Å². The molecule has 0 radical (unpaired) electrons. The van der Waals surface area contributed by atoms with Crippen LogP contribution in [-0.2, 0) is 0 Å². The van der Waals surface area contributed by atoms with Crippen LogP contribution in [0.5, 0.6) is 5.75 Å². The predicted octanol–water partition coefficient (Wildman–Crippen LogP) is 5.40. The summed E-state index contributed by atoms with van der Waals surface area (Å²) in [5.74, 6) is 0.103. The monoisotopic (exact) mass is 358 g/mol. The van der Waals surface area contributed by atoms with Crippen LogP contribution in [0.25, 0.3) is 6.08 Å². The Hall–Kier alpha value is -1.91. The van der Waals surface area contributed by atoms with Crippen LogP contribution in [-0.4, -0.2) is 22.9 Å². The SMILES string of the molecule is CC(C)N=C1S/C(=C\c2ccc(O)c(Cl)c2)CN1c1ccccc1. The number of amidine groups is 1. The number of aromatic hydroxyl groups is 1. The molecule has 1 N–H and O–H groups in total. The Morgan fingerprint density at radius 2 is 1.96 bits per heavy atom. The Morgan fingerprint density at radius 3 is 2.62 bits per heavy atom. The quantitative estimate of drug-likeness (QED) is 0.797. The maximum Gasteiger partial charge on any atom is 0.168 e. The maximum atomic E-state index is 9.55. The molecule has 124 valence electrons. The third-order valence-electron chi connectivity index (χ3n) is 3.50. The summed E-state index contributed by atoms with van der Waals surface area (Å²) < 4.78 is 0. The summed E-state index contributed by atoms with van der Waals surface area (Å²) in [5, 5.41) is 10.9. The largest absolute Gasteiger partial charge is 0.506 e. The molecule has 2 aromatic rings. The van der Waals surface area contributed by atoms with Crippen molar-refractivity contribution in [3.63, 3.8) is 0 Å². The van der Waals surface area contributed by atoms with Crippen LogP contribution in [0.15, 0.2) is 58.4 Å². The van der Waals surface area contributed by atoms with Crippen molar-refractivity contribution >= 4 is 40.3 Å². The zero-order chi connectivity index (χ0) is 17.1. The maximum absolute atomic E-state index is 9.55. The van der Waals surface area contributed by atoms with Crippen molar-refractivity contribution in [1.82, 2.24) is 0 Å². The van der Waals surface area contributed by atoms with E-state index in [0.29, 0.717) is 5.02 Å². The van der Waals surface area contributed by atoms with E-state index >= 15 is 0 Å². The van der Waals surface area contributed by atoms with Crippen LogP contribution in [0, 0.1) is 0 Å². The highest BCUT2D eigenvalue weighted by molar-refractivity contribution is 8.18. The molecule has 0 unspecified atom stereocenters. The van der Waals surface area contributed by atoms with Gasteiger partial charge in [-0.15, -0.1) is 0 Å². The van der Waals surface area contributed by atoms with Gasteiger partial charge in [0.1, 0.15) is 5.75 Å². The Balaban J connectivity index is 1.91. The van der Waals surface area contributed by atoms with E-state index in [4.69, 9.17) is 16.6 Å². The minimum absolute atomic E-state index is 0.103. The number of halogens is 1. The molecule has 3 rings (SSSR count). The molecular formula is C19H19ClN2OS. The van der Waals surface area contributed by atoms with Gasteiger partial charge in [-0.1, -0.05) is 47.6 Å². The molecule has 1 fully saturated rings. The molecule has 0 atom stereocenters. The lowest BCUT2D eigenvalue weighted by atomic mass is 10.2. The Kier molecular flexibility index (Phi) is 5.17. The molecule has 3 nitrogen and oxygen atoms in total. The topological polar surface area (TPSA) is 35.8 Å². The first-order valence-corrected chi connectivity index (χ1v) is 8.99. The molecule has 1 aliphatic rings. The van der Waals surface area contributed by atoms with E-state index in [1.807, 2.05) is 24.3 Å². The van der Waals surface area contributed by atoms with Gasteiger partial charge in [-0.25, -0.2) is 0 Å². The van der Waals surface area contributed by atoms with Gasteiger partial charge < -0.3 is 10.0 Å². The van der Waals surface area contributed by atoms with E-state index in [0.717, 1.165) is 23.0 Å². The van der Waals surface area contributed by atoms with Crippen LogP contribution in [0.2, 0.25) is 5.02 Å². The predicted molar refractivity (Wildman–Crippen MR) is 105 cm³/mol. The van der Waals surface area contributed by atoms with Gasteiger partial charge >= 0.3 is 0 Å². The highest BCUT2D eigenvalue weighted by Gasteiger charge is 2.25. The summed E-state index contributed by atoms with van der Waals surface area (Å²) in [6, 6.07) is 15.8. The standard InChI is InChI=1S/C19H19ClN2OS/c1-13(2)21-19-22(15-6-4-3-5-7-15)12-16(24-19)10-14-8-9-18(23)17(20)11-14/h3-11,13,23H,12H2,1-2H3/b16-10-,21-19?. The summed E-state index contributed by atoms with van der Waals surface area (Å²) in [6.07, 6.45) is 2.09. The summed E-state index contributed by atoms with van der Waals surface area (Å²) in [4.78, 5) is 8.17. The molecule has 1 heterocycles. The first-order valence-electron chi connectivity index (χ1n) is 7.80. The van der Waals surface area contributed by atoms with Crippen LogP contribution in [0.1, 0.15) is 19.4 Å². The number of aliphatic imine (C=N–C) groups is 1. The molecule has 0 aromatic heterocycles. The summed E-state index contributed by atoms with van der Waals surface area (Å²) in [7, 11) is 0. The summed E-state index contributed by atoms with van der Waals surface area (Å²) in [6.45, 7) is 4.94. The molecule has 1 saturated heterocycles. The highest BCUT2D eigenvalue weighted by Crippen LogP contribution is 2.35. The van der Waals surface area contributed by atoms with E-state index in [1.165, 1.54) is 4.91 Å².